The highest BCUT2D eigenvalue weighted by molar-refractivity contribution is 7.45. The third-order valence-electron chi connectivity index (χ3n) is 4.48. The summed E-state index contributed by atoms with van der Waals surface area (Å²) in [5.41, 5.74) is 0. The predicted octanol–water partition coefficient (Wildman–Crippen LogP) is 2.45. The van der Waals surface area contributed by atoms with Gasteiger partial charge in [-0.1, -0.05) is 71.1 Å². The van der Waals surface area contributed by atoms with Crippen LogP contribution in [0.5, 0.6) is 0 Å². The third kappa shape index (κ3) is 19.4. The lowest BCUT2D eigenvalue weighted by Crippen LogP contribution is -2.26. The monoisotopic (exact) mass is 455 g/mol. The van der Waals surface area contributed by atoms with Gasteiger partial charge in [0.05, 0.1) is 19.8 Å². The fourth-order valence-electron chi connectivity index (χ4n) is 2.69. The van der Waals surface area contributed by atoms with Gasteiger partial charge < -0.3 is 34.0 Å². The van der Waals surface area contributed by atoms with Crippen molar-refractivity contribution in [1.29, 1.82) is 0 Å². The van der Waals surface area contributed by atoms with E-state index in [1.165, 1.54) is 51.4 Å². The van der Waals surface area contributed by atoms with Crippen molar-refractivity contribution in [2.75, 3.05) is 26.4 Å². The lowest BCUT2D eigenvalue weighted by Gasteiger charge is -2.24. The van der Waals surface area contributed by atoms with E-state index in [9.17, 15) is 19.4 Å². The minimum atomic E-state index is -4.72. The van der Waals surface area contributed by atoms with E-state index >= 15 is 0 Å². The molecule has 0 amide bonds. The Morgan fingerprint density at radius 3 is 1.80 bits per heavy atom. The van der Waals surface area contributed by atoms with E-state index in [2.05, 4.69) is 16.0 Å². The number of carbonyl (C=O) groups excluding carboxylic acids is 1. The lowest BCUT2D eigenvalue weighted by molar-refractivity contribution is -0.229. The van der Waals surface area contributed by atoms with Gasteiger partial charge in [0, 0.05) is 6.42 Å². The molecule has 0 saturated heterocycles. The van der Waals surface area contributed by atoms with E-state index in [0.717, 1.165) is 19.3 Å². The van der Waals surface area contributed by atoms with Crippen molar-refractivity contribution in [3.63, 3.8) is 0 Å². The highest BCUT2D eigenvalue weighted by Crippen LogP contribution is 2.38. The average Bonchev–Trinajstić information content (AvgIpc) is 2.73. The molecule has 0 heterocycles. The first-order valence-corrected chi connectivity index (χ1v) is 12.5. The van der Waals surface area contributed by atoms with Gasteiger partial charge in [0.1, 0.15) is 18.8 Å². The van der Waals surface area contributed by atoms with Crippen molar-refractivity contribution in [3.8, 4) is 0 Å². The number of carbonyl (C=O) groups is 1. The van der Waals surface area contributed by atoms with Gasteiger partial charge >= 0.3 is 5.97 Å². The maximum atomic E-state index is 11.7. The lowest BCUT2D eigenvalue weighted by atomic mass is 10.1. The Bertz CT molecular complexity index is 462. The molecule has 180 valence electrons. The van der Waals surface area contributed by atoms with Crippen LogP contribution in [0, 0.1) is 0 Å². The average molecular weight is 456 g/mol. The van der Waals surface area contributed by atoms with Crippen LogP contribution in [-0.2, 0) is 23.1 Å². The normalized spacial score (nSPS) is 15.5. The smallest absolute Gasteiger partial charge is 0.305 e. The maximum Gasteiger partial charge on any atom is 0.305 e. The van der Waals surface area contributed by atoms with E-state index in [0.29, 0.717) is 0 Å². The van der Waals surface area contributed by atoms with Crippen molar-refractivity contribution >= 4 is 13.8 Å². The second-order valence-corrected chi connectivity index (χ2v) is 8.91. The Kier molecular flexibility index (Phi) is 18.8. The molecule has 30 heavy (non-hydrogen) atoms. The summed E-state index contributed by atoms with van der Waals surface area (Å²) in [6.45, 7) is -0.108. The van der Waals surface area contributed by atoms with Crippen LogP contribution in [0.25, 0.3) is 0 Å². The summed E-state index contributed by atoms with van der Waals surface area (Å²) in [5, 5.41) is 27.2. The molecule has 0 radical (unpaired) electrons. The SMILES string of the molecule is CCCCCCCCCCCCCC(=O)OCC(O)COP(=O)([O-])OCC(O)CO. The summed E-state index contributed by atoms with van der Waals surface area (Å²) in [6, 6.07) is 0. The van der Waals surface area contributed by atoms with Gasteiger partial charge in [0.25, 0.3) is 7.82 Å². The van der Waals surface area contributed by atoms with Gasteiger partial charge in [0.15, 0.2) is 0 Å². The molecule has 0 bridgehead atoms. The van der Waals surface area contributed by atoms with Crippen molar-refractivity contribution in [2.24, 2.45) is 0 Å². The van der Waals surface area contributed by atoms with E-state index < -0.39 is 45.8 Å². The topological polar surface area (TPSA) is 146 Å². The Balaban J connectivity index is 3.60. The highest BCUT2D eigenvalue weighted by Gasteiger charge is 2.16. The first-order valence-electron chi connectivity index (χ1n) is 11.0. The maximum absolute atomic E-state index is 11.7. The first kappa shape index (κ1) is 29.5. The molecular weight excluding hydrogens is 415 g/mol. The number of phosphoric ester groups is 1. The Morgan fingerprint density at radius 1 is 0.833 bits per heavy atom. The number of ether oxygens (including phenoxy) is 1. The van der Waals surface area contributed by atoms with Gasteiger partial charge in [-0.25, -0.2) is 0 Å². The third-order valence-corrected chi connectivity index (χ3v) is 5.41. The summed E-state index contributed by atoms with van der Waals surface area (Å²) in [5.74, 6) is -0.447. The van der Waals surface area contributed by atoms with Gasteiger partial charge in [-0.2, -0.15) is 0 Å². The van der Waals surface area contributed by atoms with E-state index in [4.69, 9.17) is 14.9 Å². The molecule has 0 aliphatic carbocycles. The number of hydrogen-bond donors (Lipinski definition) is 3. The van der Waals surface area contributed by atoms with Crippen molar-refractivity contribution in [1.82, 2.24) is 0 Å². The summed E-state index contributed by atoms with van der Waals surface area (Å²) < 4.78 is 25.1. The zero-order valence-electron chi connectivity index (χ0n) is 18.2. The van der Waals surface area contributed by atoms with Gasteiger partial charge in [-0.05, 0) is 6.42 Å². The summed E-state index contributed by atoms with van der Waals surface area (Å²) in [4.78, 5) is 23.0. The molecule has 0 saturated carbocycles. The zero-order chi connectivity index (χ0) is 22.7. The Hall–Kier alpha value is -0.540. The second kappa shape index (κ2) is 19.2. The van der Waals surface area contributed by atoms with Crippen molar-refractivity contribution < 1.29 is 43.4 Å². The number of hydrogen-bond acceptors (Lipinski definition) is 9. The number of aliphatic hydroxyl groups is 3. The number of unbranched alkanes of at least 4 members (excludes halogenated alkanes) is 10. The minimum Gasteiger partial charge on any atom is -0.756 e. The zero-order valence-corrected chi connectivity index (χ0v) is 19.1. The van der Waals surface area contributed by atoms with Crippen LogP contribution in [0.2, 0.25) is 0 Å². The Morgan fingerprint density at radius 2 is 1.30 bits per heavy atom. The molecule has 9 nitrogen and oxygen atoms in total. The van der Waals surface area contributed by atoms with Crippen LogP contribution in [0.15, 0.2) is 0 Å². The quantitative estimate of drug-likeness (QED) is 0.135. The fourth-order valence-corrected chi connectivity index (χ4v) is 3.47. The summed E-state index contributed by atoms with van der Waals surface area (Å²) in [7, 11) is -4.72. The summed E-state index contributed by atoms with van der Waals surface area (Å²) in [6.07, 6.45) is 10.6. The molecule has 0 aliphatic heterocycles. The highest BCUT2D eigenvalue weighted by atomic mass is 31.2. The molecule has 0 fully saturated rings. The Labute approximate surface area is 180 Å². The minimum absolute atomic E-state index is 0.257. The second-order valence-electron chi connectivity index (χ2n) is 7.50. The molecule has 0 aromatic heterocycles. The molecule has 3 N–H and O–H groups in total. The molecule has 0 aliphatic rings. The molecule has 3 atom stereocenters. The van der Waals surface area contributed by atoms with Crippen LogP contribution in [0.4, 0.5) is 0 Å². The van der Waals surface area contributed by atoms with Crippen LogP contribution >= 0.6 is 7.82 Å². The van der Waals surface area contributed by atoms with Gasteiger partial charge in [-0.3, -0.25) is 9.36 Å². The number of phosphoric acid groups is 1. The van der Waals surface area contributed by atoms with E-state index in [-0.39, 0.29) is 13.0 Å². The predicted molar refractivity (Wildman–Crippen MR) is 111 cm³/mol. The largest absolute Gasteiger partial charge is 0.756 e. The summed E-state index contributed by atoms with van der Waals surface area (Å²) >= 11 is 0. The molecule has 0 rings (SSSR count). The number of aliphatic hydroxyl groups excluding tert-OH is 3. The molecule has 0 aromatic rings. The van der Waals surface area contributed by atoms with Gasteiger partial charge in [0.2, 0.25) is 0 Å². The van der Waals surface area contributed by atoms with E-state index in [1.54, 1.807) is 0 Å². The fraction of sp³-hybridized carbons (Fsp3) is 0.950. The van der Waals surface area contributed by atoms with Crippen LogP contribution in [0.3, 0.4) is 0 Å². The number of rotatable bonds is 21. The molecule has 0 aromatic carbocycles. The molecule has 3 unspecified atom stereocenters. The van der Waals surface area contributed by atoms with E-state index in [1.807, 2.05) is 0 Å². The number of esters is 1. The standard InChI is InChI=1S/C20H41O9P/c1-2-3-4-5-6-7-8-9-10-11-12-13-20(24)27-15-19(23)17-29-30(25,26)28-16-18(22)14-21/h18-19,21-23H,2-17H2,1H3,(H,25,26)/p-1. The van der Waals surface area contributed by atoms with Gasteiger partial charge in [-0.15, -0.1) is 0 Å². The van der Waals surface area contributed by atoms with Crippen LogP contribution < -0.4 is 4.89 Å². The van der Waals surface area contributed by atoms with Crippen molar-refractivity contribution in [3.05, 3.63) is 0 Å². The first-order chi connectivity index (χ1) is 14.3. The van der Waals surface area contributed by atoms with Crippen molar-refractivity contribution in [2.45, 2.75) is 96.2 Å². The molecule has 10 heteroatoms. The molecular formula is C20H40O9P-. The van der Waals surface area contributed by atoms with Crippen LogP contribution in [-0.4, -0.2) is 59.9 Å². The van der Waals surface area contributed by atoms with Crippen LogP contribution in [0.1, 0.15) is 84.0 Å². The molecule has 0 spiro atoms.